The van der Waals surface area contributed by atoms with Crippen molar-refractivity contribution in [3.05, 3.63) is 12.2 Å². The summed E-state index contributed by atoms with van der Waals surface area (Å²) >= 11 is 0. The molecular weight excluding hydrogens is 292 g/mol. The van der Waals surface area contributed by atoms with Crippen molar-refractivity contribution in [2.24, 2.45) is 11.8 Å². The number of rotatable bonds is 10. The zero-order valence-corrected chi connectivity index (χ0v) is 16.6. The molecule has 4 heteroatoms. The summed E-state index contributed by atoms with van der Waals surface area (Å²) < 4.78 is 6.19. The van der Waals surface area contributed by atoms with Gasteiger partial charge in [0.1, 0.15) is 0 Å². The van der Waals surface area contributed by atoms with E-state index in [1.807, 2.05) is 6.08 Å². The van der Waals surface area contributed by atoms with Crippen molar-refractivity contribution in [3.63, 3.8) is 0 Å². The molecule has 0 saturated carbocycles. The van der Waals surface area contributed by atoms with Gasteiger partial charge in [-0.1, -0.05) is 47.1 Å². The van der Waals surface area contributed by atoms with Gasteiger partial charge in [-0.05, 0) is 49.2 Å². The summed E-state index contributed by atoms with van der Waals surface area (Å²) in [4.78, 5) is 10.7. The van der Waals surface area contributed by atoms with E-state index in [0.717, 1.165) is 32.3 Å². The highest BCUT2D eigenvalue weighted by molar-refractivity contribution is 6.74. The van der Waals surface area contributed by atoms with Crippen molar-refractivity contribution in [1.29, 1.82) is 0 Å². The Morgan fingerprint density at radius 2 is 1.77 bits per heavy atom. The van der Waals surface area contributed by atoms with Gasteiger partial charge in [-0.2, -0.15) is 0 Å². The van der Waals surface area contributed by atoms with Crippen molar-refractivity contribution >= 4 is 14.3 Å². The van der Waals surface area contributed by atoms with E-state index in [9.17, 15) is 4.79 Å². The number of aliphatic carboxylic acids is 1. The molecule has 0 spiro atoms. The van der Waals surface area contributed by atoms with Crippen LogP contribution in [0.25, 0.3) is 0 Å². The molecule has 0 aliphatic rings. The lowest BCUT2D eigenvalue weighted by molar-refractivity contribution is -0.131. The van der Waals surface area contributed by atoms with Crippen molar-refractivity contribution in [3.8, 4) is 0 Å². The van der Waals surface area contributed by atoms with Gasteiger partial charge in [0, 0.05) is 12.7 Å². The highest BCUT2D eigenvalue weighted by Gasteiger charge is 2.36. The zero-order valence-electron chi connectivity index (χ0n) is 15.6. The van der Waals surface area contributed by atoms with E-state index in [1.165, 1.54) is 6.08 Å². The predicted molar refractivity (Wildman–Crippen MR) is 96.7 cm³/mol. The SMILES string of the molecule is CC(C)CC[C@H](C=CC(=O)O)CCCO[Si](C)(C)C(C)(C)C. The molecule has 0 saturated heterocycles. The van der Waals surface area contributed by atoms with E-state index in [-0.39, 0.29) is 5.04 Å². The molecule has 22 heavy (non-hydrogen) atoms. The van der Waals surface area contributed by atoms with Crippen LogP contribution in [-0.4, -0.2) is 26.0 Å². The average Bonchev–Trinajstić information content (AvgIpc) is 2.34. The number of allylic oxidation sites excluding steroid dienone is 1. The molecule has 0 aliphatic carbocycles. The van der Waals surface area contributed by atoms with Crippen molar-refractivity contribution in [1.82, 2.24) is 0 Å². The molecule has 0 radical (unpaired) electrons. The van der Waals surface area contributed by atoms with Crippen LogP contribution in [0.3, 0.4) is 0 Å². The second kappa shape index (κ2) is 9.51. The molecule has 0 fully saturated rings. The molecule has 130 valence electrons. The second-order valence-electron chi connectivity index (χ2n) is 8.18. The Bertz CT molecular complexity index is 354. The first kappa shape index (κ1) is 21.4. The summed E-state index contributed by atoms with van der Waals surface area (Å²) in [5.41, 5.74) is 0. The van der Waals surface area contributed by atoms with Gasteiger partial charge in [0.2, 0.25) is 0 Å². The van der Waals surface area contributed by atoms with Crippen molar-refractivity contribution < 1.29 is 14.3 Å². The summed E-state index contributed by atoms with van der Waals surface area (Å²) in [5, 5.41) is 9.04. The van der Waals surface area contributed by atoms with E-state index in [0.29, 0.717) is 11.8 Å². The first-order valence-corrected chi connectivity index (χ1v) is 11.4. The highest BCUT2D eigenvalue weighted by Crippen LogP contribution is 2.36. The maximum Gasteiger partial charge on any atom is 0.327 e. The third-order valence-electron chi connectivity index (χ3n) is 4.61. The second-order valence-corrected chi connectivity index (χ2v) is 13.0. The summed E-state index contributed by atoms with van der Waals surface area (Å²) in [6, 6.07) is 0. The third-order valence-corrected chi connectivity index (χ3v) is 9.15. The fourth-order valence-electron chi connectivity index (χ4n) is 1.99. The lowest BCUT2D eigenvalue weighted by Crippen LogP contribution is -2.41. The first-order chi connectivity index (χ1) is 9.95. The summed E-state index contributed by atoms with van der Waals surface area (Å²) in [6.07, 6.45) is 7.35. The fourth-order valence-corrected chi connectivity index (χ4v) is 3.08. The predicted octanol–water partition coefficient (Wildman–Crippen LogP) is 5.48. The number of carboxylic acid groups (broad SMARTS) is 1. The lowest BCUT2D eigenvalue weighted by Gasteiger charge is -2.36. The number of hydrogen-bond acceptors (Lipinski definition) is 2. The van der Waals surface area contributed by atoms with Crippen LogP contribution in [0.2, 0.25) is 18.1 Å². The van der Waals surface area contributed by atoms with Crippen LogP contribution in [-0.2, 0) is 9.22 Å². The summed E-state index contributed by atoms with van der Waals surface area (Å²) in [5.74, 6) is 0.151. The summed E-state index contributed by atoms with van der Waals surface area (Å²) in [7, 11) is -1.66. The molecule has 1 atom stereocenters. The maximum absolute atomic E-state index is 10.7. The molecule has 0 aliphatic heterocycles. The molecule has 0 amide bonds. The quantitative estimate of drug-likeness (QED) is 0.328. The Morgan fingerprint density at radius 1 is 1.18 bits per heavy atom. The topological polar surface area (TPSA) is 46.5 Å². The molecule has 0 rings (SSSR count). The molecular formula is C18H36O3Si. The molecule has 0 aromatic rings. The minimum Gasteiger partial charge on any atom is -0.478 e. The van der Waals surface area contributed by atoms with Gasteiger partial charge in [-0.3, -0.25) is 0 Å². The smallest absolute Gasteiger partial charge is 0.327 e. The Kier molecular flexibility index (Phi) is 9.24. The Labute approximate surface area is 138 Å². The van der Waals surface area contributed by atoms with Gasteiger partial charge in [-0.25, -0.2) is 4.79 Å². The van der Waals surface area contributed by atoms with E-state index in [1.54, 1.807) is 0 Å². The van der Waals surface area contributed by atoms with E-state index in [2.05, 4.69) is 47.7 Å². The van der Waals surface area contributed by atoms with Crippen molar-refractivity contribution in [2.75, 3.05) is 6.61 Å². The Balaban J connectivity index is 4.30. The lowest BCUT2D eigenvalue weighted by atomic mass is 9.93. The zero-order chi connectivity index (χ0) is 17.4. The molecule has 3 nitrogen and oxygen atoms in total. The van der Waals surface area contributed by atoms with Gasteiger partial charge in [-0.15, -0.1) is 0 Å². The standard InChI is InChI=1S/C18H36O3Si/c1-15(2)10-11-16(12-13-17(19)20)9-8-14-21-22(6,7)18(3,4)5/h12-13,15-16H,8-11,14H2,1-7H3,(H,19,20)/t16-/m1/s1. The van der Waals surface area contributed by atoms with Crippen LogP contribution >= 0.6 is 0 Å². The van der Waals surface area contributed by atoms with Gasteiger partial charge < -0.3 is 9.53 Å². The third kappa shape index (κ3) is 9.41. The number of carbonyl (C=O) groups is 1. The van der Waals surface area contributed by atoms with Crippen LogP contribution in [0.4, 0.5) is 0 Å². The maximum atomic E-state index is 10.7. The van der Waals surface area contributed by atoms with Gasteiger partial charge in [0.15, 0.2) is 8.32 Å². The van der Waals surface area contributed by atoms with Crippen LogP contribution in [0.5, 0.6) is 0 Å². The average molecular weight is 329 g/mol. The van der Waals surface area contributed by atoms with Crippen LogP contribution < -0.4 is 0 Å². The highest BCUT2D eigenvalue weighted by atomic mass is 28.4. The first-order valence-electron chi connectivity index (χ1n) is 8.51. The van der Waals surface area contributed by atoms with Crippen molar-refractivity contribution in [2.45, 2.75) is 78.4 Å². The van der Waals surface area contributed by atoms with Gasteiger partial charge in [0.05, 0.1) is 0 Å². The fraction of sp³-hybridized carbons (Fsp3) is 0.833. The normalized spacial score (nSPS) is 14.7. The summed E-state index contributed by atoms with van der Waals surface area (Å²) in [6.45, 7) is 16.5. The molecule has 0 heterocycles. The Morgan fingerprint density at radius 3 is 2.23 bits per heavy atom. The number of carboxylic acids is 1. The van der Waals surface area contributed by atoms with E-state index in [4.69, 9.17) is 9.53 Å². The monoisotopic (exact) mass is 328 g/mol. The molecule has 0 aromatic heterocycles. The van der Waals surface area contributed by atoms with E-state index < -0.39 is 14.3 Å². The van der Waals surface area contributed by atoms with Crippen LogP contribution in [0, 0.1) is 11.8 Å². The largest absolute Gasteiger partial charge is 0.478 e. The molecule has 0 aromatic carbocycles. The van der Waals surface area contributed by atoms with Crippen LogP contribution in [0.15, 0.2) is 12.2 Å². The minimum atomic E-state index is -1.66. The van der Waals surface area contributed by atoms with Gasteiger partial charge in [0.25, 0.3) is 0 Å². The Hall–Kier alpha value is -0.613. The minimum absolute atomic E-state index is 0.243. The van der Waals surface area contributed by atoms with Crippen LogP contribution in [0.1, 0.15) is 60.3 Å². The number of hydrogen-bond donors (Lipinski definition) is 1. The molecule has 1 N–H and O–H groups in total. The van der Waals surface area contributed by atoms with Gasteiger partial charge >= 0.3 is 5.97 Å². The molecule has 0 bridgehead atoms. The van der Waals surface area contributed by atoms with E-state index >= 15 is 0 Å². The molecule has 0 unspecified atom stereocenters.